The predicted octanol–water partition coefficient (Wildman–Crippen LogP) is 3.34. The monoisotopic (exact) mass is 284 g/mol. The third kappa shape index (κ3) is 3.55. The van der Waals surface area contributed by atoms with E-state index in [4.69, 9.17) is 4.42 Å². The van der Waals surface area contributed by atoms with Crippen molar-refractivity contribution in [2.45, 2.75) is 39.4 Å². The Morgan fingerprint density at radius 2 is 2.05 bits per heavy atom. The van der Waals surface area contributed by atoms with Crippen LogP contribution in [0.4, 0.5) is 0 Å². The standard InChI is InChI=1S/C18H24N2O/c1-2-9-19-12-16-8-11-21-18(16)14-20-10-7-15-5-3-4-6-17(15)13-20/h3-6,8,11,19H,2,7,9-10,12-14H2,1H3. The molecule has 0 fully saturated rings. The summed E-state index contributed by atoms with van der Waals surface area (Å²) in [6.07, 6.45) is 4.12. The molecule has 1 aromatic carbocycles. The second kappa shape index (κ2) is 6.92. The molecule has 3 heteroatoms. The van der Waals surface area contributed by atoms with E-state index in [1.165, 1.54) is 16.7 Å². The molecule has 2 aromatic rings. The second-order valence-corrected chi connectivity index (χ2v) is 5.78. The number of benzene rings is 1. The normalized spacial score (nSPS) is 15.1. The highest BCUT2D eigenvalue weighted by atomic mass is 16.3. The van der Waals surface area contributed by atoms with Crippen LogP contribution in [-0.4, -0.2) is 18.0 Å². The molecule has 21 heavy (non-hydrogen) atoms. The van der Waals surface area contributed by atoms with Crippen molar-refractivity contribution in [3.8, 4) is 0 Å². The van der Waals surface area contributed by atoms with Crippen molar-refractivity contribution in [3.05, 3.63) is 59.0 Å². The maximum absolute atomic E-state index is 5.70. The van der Waals surface area contributed by atoms with Gasteiger partial charge in [0.25, 0.3) is 0 Å². The van der Waals surface area contributed by atoms with E-state index in [1.54, 1.807) is 0 Å². The molecule has 0 radical (unpaired) electrons. The zero-order valence-electron chi connectivity index (χ0n) is 12.8. The summed E-state index contributed by atoms with van der Waals surface area (Å²) in [6, 6.07) is 10.9. The number of hydrogen-bond donors (Lipinski definition) is 1. The quantitative estimate of drug-likeness (QED) is 0.825. The number of fused-ring (bicyclic) bond motifs is 1. The molecular formula is C18H24N2O. The van der Waals surface area contributed by atoms with Gasteiger partial charge in [0.05, 0.1) is 12.8 Å². The number of furan rings is 1. The molecule has 0 saturated carbocycles. The molecule has 0 bridgehead atoms. The summed E-state index contributed by atoms with van der Waals surface area (Å²) in [4.78, 5) is 2.48. The van der Waals surface area contributed by atoms with Crippen molar-refractivity contribution in [1.82, 2.24) is 10.2 Å². The van der Waals surface area contributed by atoms with Crippen molar-refractivity contribution in [2.24, 2.45) is 0 Å². The van der Waals surface area contributed by atoms with Crippen LogP contribution in [0.15, 0.2) is 41.0 Å². The van der Waals surface area contributed by atoms with E-state index in [-0.39, 0.29) is 0 Å². The van der Waals surface area contributed by atoms with E-state index in [0.717, 1.165) is 51.3 Å². The van der Waals surface area contributed by atoms with Crippen LogP contribution in [0.3, 0.4) is 0 Å². The van der Waals surface area contributed by atoms with Crippen LogP contribution in [0.1, 0.15) is 35.8 Å². The van der Waals surface area contributed by atoms with Gasteiger partial charge in [-0.15, -0.1) is 0 Å². The van der Waals surface area contributed by atoms with E-state index >= 15 is 0 Å². The van der Waals surface area contributed by atoms with Crippen LogP contribution in [0.5, 0.6) is 0 Å². The number of nitrogens with one attached hydrogen (secondary N) is 1. The average Bonchev–Trinajstić information content (AvgIpc) is 2.95. The molecule has 0 saturated heterocycles. The SMILES string of the molecule is CCCNCc1ccoc1CN1CCc2ccccc2C1. The molecule has 3 rings (SSSR count). The molecule has 112 valence electrons. The smallest absolute Gasteiger partial charge is 0.122 e. The first-order chi connectivity index (χ1) is 10.4. The van der Waals surface area contributed by atoms with Crippen LogP contribution in [0, 0.1) is 0 Å². The highest BCUT2D eigenvalue weighted by molar-refractivity contribution is 5.29. The van der Waals surface area contributed by atoms with E-state index in [1.807, 2.05) is 6.26 Å². The molecule has 0 spiro atoms. The molecule has 0 atom stereocenters. The molecule has 0 aliphatic carbocycles. The van der Waals surface area contributed by atoms with E-state index in [0.29, 0.717) is 0 Å². The summed E-state index contributed by atoms with van der Waals surface area (Å²) in [7, 11) is 0. The Bertz CT molecular complexity index is 576. The maximum atomic E-state index is 5.70. The Labute approximate surface area is 127 Å². The van der Waals surface area contributed by atoms with Gasteiger partial charge >= 0.3 is 0 Å². The first-order valence-corrected chi connectivity index (χ1v) is 7.92. The summed E-state index contributed by atoms with van der Waals surface area (Å²) in [5.74, 6) is 1.11. The zero-order valence-corrected chi connectivity index (χ0v) is 12.8. The van der Waals surface area contributed by atoms with Gasteiger partial charge in [-0.1, -0.05) is 31.2 Å². The lowest BCUT2D eigenvalue weighted by molar-refractivity contribution is 0.224. The lowest BCUT2D eigenvalue weighted by atomic mass is 10.00. The molecule has 0 amide bonds. The van der Waals surface area contributed by atoms with Gasteiger partial charge < -0.3 is 9.73 Å². The first kappa shape index (κ1) is 14.4. The van der Waals surface area contributed by atoms with Gasteiger partial charge in [0.1, 0.15) is 5.76 Å². The minimum atomic E-state index is 0.907. The fourth-order valence-corrected chi connectivity index (χ4v) is 2.96. The molecule has 0 unspecified atom stereocenters. The highest BCUT2D eigenvalue weighted by Gasteiger charge is 2.18. The molecular weight excluding hydrogens is 260 g/mol. The Morgan fingerprint density at radius 3 is 2.90 bits per heavy atom. The van der Waals surface area contributed by atoms with Crippen LogP contribution in [0.2, 0.25) is 0 Å². The van der Waals surface area contributed by atoms with Gasteiger partial charge in [-0.25, -0.2) is 0 Å². The van der Waals surface area contributed by atoms with Gasteiger partial charge in [-0.2, -0.15) is 0 Å². The average molecular weight is 284 g/mol. The fourth-order valence-electron chi connectivity index (χ4n) is 2.96. The van der Waals surface area contributed by atoms with Crippen LogP contribution < -0.4 is 5.32 Å². The molecule has 1 N–H and O–H groups in total. The Hall–Kier alpha value is -1.58. The summed E-state index contributed by atoms with van der Waals surface area (Å²) < 4.78 is 5.70. The Kier molecular flexibility index (Phi) is 4.73. The Balaban J connectivity index is 1.62. The number of nitrogens with zero attached hydrogens (tertiary/aromatic N) is 1. The lowest BCUT2D eigenvalue weighted by Crippen LogP contribution is -2.30. The molecule has 1 aliphatic rings. The molecule has 2 heterocycles. The summed E-state index contributed by atoms with van der Waals surface area (Å²) in [5.41, 5.74) is 4.25. The second-order valence-electron chi connectivity index (χ2n) is 5.78. The zero-order chi connectivity index (χ0) is 14.5. The molecule has 1 aromatic heterocycles. The van der Waals surface area contributed by atoms with Gasteiger partial charge in [-0.3, -0.25) is 4.90 Å². The maximum Gasteiger partial charge on any atom is 0.122 e. The van der Waals surface area contributed by atoms with E-state index < -0.39 is 0 Å². The van der Waals surface area contributed by atoms with Crippen molar-refractivity contribution < 1.29 is 4.42 Å². The van der Waals surface area contributed by atoms with Gasteiger partial charge in [0.2, 0.25) is 0 Å². The largest absolute Gasteiger partial charge is 0.468 e. The predicted molar refractivity (Wildman–Crippen MR) is 85.0 cm³/mol. The summed E-state index contributed by atoms with van der Waals surface area (Å²) in [6.45, 7) is 7.20. The lowest BCUT2D eigenvalue weighted by Gasteiger charge is -2.28. The fraction of sp³-hybridized carbons (Fsp3) is 0.444. The number of rotatable bonds is 6. The van der Waals surface area contributed by atoms with Crippen molar-refractivity contribution in [2.75, 3.05) is 13.1 Å². The third-order valence-corrected chi connectivity index (χ3v) is 4.16. The summed E-state index contributed by atoms with van der Waals surface area (Å²) >= 11 is 0. The summed E-state index contributed by atoms with van der Waals surface area (Å²) in [5, 5.41) is 3.45. The van der Waals surface area contributed by atoms with Crippen molar-refractivity contribution in [3.63, 3.8) is 0 Å². The first-order valence-electron chi connectivity index (χ1n) is 7.92. The number of hydrogen-bond acceptors (Lipinski definition) is 3. The molecule has 1 aliphatic heterocycles. The topological polar surface area (TPSA) is 28.4 Å². The van der Waals surface area contributed by atoms with Crippen LogP contribution in [-0.2, 0) is 26.1 Å². The minimum absolute atomic E-state index is 0.907. The van der Waals surface area contributed by atoms with Gasteiger partial charge in [-0.05, 0) is 36.6 Å². The van der Waals surface area contributed by atoms with Crippen LogP contribution >= 0.6 is 0 Å². The van der Waals surface area contributed by atoms with E-state index in [9.17, 15) is 0 Å². The van der Waals surface area contributed by atoms with Crippen LogP contribution in [0.25, 0.3) is 0 Å². The Morgan fingerprint density at radius 1 is 1.19 bits per heavy atom. The van der Waals surface area contributed by atoms with Gasteiger partial charge in [0.15, 0.2) is 0 Å². The molecule has 3 nitrogen and oxygen atoms in total. The third-order valence-electron chi connectivity index (χ3n) is 4.16. The van der Waals surface area contributed by atoms with Crippen molar-refractivity contribution in [1.29, 1.82) is 0 Å². The van der Waals surface area contributed by atoms with Crippen molar-refractivity contribution >= 4 is 0 Å². The van der Waals surface area contributed by atoms with Gasteiger partial charge in [0, 0.05) is 25.2 Å². The van der Waals surface area contributed by atoms with E-state index in [2.05, 4.69) is 47.5 Å². The minimum Gasteiger partial charge on any atom is -0.468 e. The highest BCUT2D eigenvalue weighted by Crippen LogP contribution is 2.21.